The Morgan fingerprint density at radius 2 is 0.960 bits per heavy atom. The zero-order chi connectivity index (χ0) is 18.1. The molecule has 0 saturated carbocycles. The molecule has 0 unspecified atom stereocenters. The van der Waals surface area contributed by atoms with Gasteiger partial charge in [0.1, 0.15) is 0 Å². The average Bonchev–Trinajstić information content (AvgIpc) is 2.61. The van der Waals surface area contributed by atoms with Crippen LogP contribution in [0.2, 0.25) is 0 Å². The lowest BCUT2D eigenvalue weighted by atomic mass is 9.87. The van der Waals surface area contributed by atoms with Crippen molar-refractivity contribution in [2.45, 2.75) is 79.1 Å². The molecule has 2 rings (SSSR count). The van der Waals surface area contributed by atoms with Gasteiger partial charge in [-0.15, -0.1) is 0 Å². The summed E-state index contributed by atoms with van der Waals surface area (Å²) in [6.07, 6.45) is 13.2. The highest BCUT2D eigenvalue weighted by Crippen LogP contribution is 2.27. The molecule has 0 N–H and O–H groups in total. The summed E-state index contributed by atoms with van der Waals surface area (Å²) in [6.45, 7) is 9.08. The van der Waals surface area contributed by atoms with E-state index in [4.69, 9.17) is 0 Å². The molecule has 134 valence electrons. The van der Waals surface area contributed by atoms with E-state index in [2.05, 4.69) is 70.5 Å². The van der Waals surface area contributed by atoms with Crippen molar-refractivity contribution >= 4 is 0 Å². The van der Waals surface area contributed by atoms with E-state index in [-0.39, 0.29) is 0 Å². The third-order valence-corrected chi connectivity index (χ3v) is 4.85. The predicted octanol–water partition coefficient (Wildman–Crippen LogP) is 6.97. The lowest BCUT2D eigenvalue weighted by Gasteiger charge is -2.17. The van der Waals surface area contributed by atoms with Crippen molar-refractivity contribution in [1.29, 1.82) is 0 Å². The van der Waals surface area contributed by atoms with Crippen molar-refractivity contribution in [2.75, 3.05) is 0 Å². The van der Waals surface area contributed by atoms with Crippen LogP contribution in [-0.2, 0) is 25.7 Å². The zero-order valence-electron chi connectivity index (χ0n) is 16.6. The molecule has 0 heterocycles. The Hall–Kier alpha value is -1.56. The monoisotopic (exact) mass is 334 g/mol. The third-order valence-electron chi connectivity index (χ3n) is 4.85. The number of rotatable bonds is 10. The van der Waals surface area contributed by atoms with Crippen molar-refractivity contribution < 1.29 is 0 Å². The highest BCUT2D eigenvalue weighted by molar-refractivity contribution is 5.50. The second-order valence-electron chi connectivity index (χ2n) is 7.01. The van der Waals surface area contributed by atoms with Gasteiger partial charge in [-0.3, -0.25) is 0 Å². The highest BCUT2D eigenvalue weighted by atomic mass is 14.2. The molecular formula is C25H34. The first kappa shape index (κ1) is 19.8. The standard InChI is InChI=1S/C25H34/c1-5-11-20-15-9-17-22(24(20)13-7-3)19-23-18-10-16-21(12-6-2)25(23)14-8-4/h9-10,15-18H,5-8,11-14H2,1-4H3. The Bertz CT molecular complexity index is 594. The van der Waals surface area contributed by atoms with E-state index in [1.165, 1.54) is 71.9 Å². The Kier molecular flexibility index (Phi) is 8.25. The van der Waals surface area contributed by atoms with Crippen LogP contribution in [0.3, 0.4) is 0 Å². The van der Waals surface area contributed by atoms with Crippen LogP contribution in [0.1, 0.15) is 86.8 Å². The van der Waals surface area contributed by atoms with Crippen molar-refractivity contribution in [1.82, 2.24) is 0 Å². The molecule has 0 nitrogen and oxygen atoms in total. The van der Waals surface area contributed by atoms with E-state index in [9.17, 15) is 0 Å². The Labute approximate surface area is 155 Å². The molecule has 2 aromatic carbocycles. The van der Waals surface area contributed by atoms with Crippen LogP contribution in [0.5, 0.6) is 0 Å². The van der Waals surface area contributed by atoms with Crippen LogP contribution in [0.4, 0.5) is 0 Å². The third kappa shape index (κ3) is 5.21. The maximum atomic E-state index is 3.81. The number of hydrogen-bond donors (Lipinski definition) is 0. The van der Waals surface area contributed by atoms with E-state index in [1.807, 2.05) is 0 Å². The average molecular weight is 335 g/mol. The van der Waals surface area contributed by atoms with Gasteiger partial charge in [-0.1, -0.05) is 89.8 Å². The van der Waals surface area contributed by atoms with E-state index in [0.29, 0.717) is 0 Å². The van der Waals surface area contributed by atoms with Gasteiger partial charge in [0.15, 0.2) is 0 Å². The van der Waals surface area contributed by atoms with Crippen molar-refractivity contribution in [3.8, 4) is 0 Å². The van der Waals surface area contributed by atoms with E-state index in [1.54, 1.807) is 0 Å². The molecule has 0 heteroatoms. The second kappa shape index (κ2) is 10.4. The second-order valence-corrected chi connectivity index (χ2v) is 7.01. The smallest absolute Gasteiger partial charge is 0.0507 e. The molecule has 2 radical (unpaired) electrons. The van der Waals surface area contributed by atoms with Crippen LogP contribution >= 0.6 is 0 Å². The van der Waals surface area contributed by atoms with Crippen molar-refractivity contribution in [3.05, 3.63) is 76.2 Å². The summed E-state index contributed by atoms with van der Waals surface area (Å²) >= 11 is 0. The summed E-state index contributed by atoms with van der Waals surface area (Å²) in [6, 6.07) is 13.5. The minimum Gasteiger partial charge on any atom is -0.0651 e. The van der Waals surface area contributed by atoms with Gasteiger partial charge in [0, 0.05) is 0 Å². The van der Waals surface area contributed by atoms with Crippen molar-refractivity contribution in [3.63, 3.8) is 0 Å². The summed E-state index contributed by atoms with van der Waals surface area (Å²) in [7, 11) is 0. The molecule has 0 fully saturated rings. The van der Waals surface area contributed by atoms with Gasteiger partial charge in [0.05, 0.1) is 6.42 Å². The molecule has 0 amide bonds. The number of aryl methyl sites for hydroxylation is 2. The van der Waals surface area contributed by atoms with Gasteiger partial charge < -0.3 is 0 Å². The van der Waals surface area contributed by atoms with Gasteiger partial charge in [0.2, 0.25) is 0 Å². The molecule has 0 aliphatic rings. The van der Waals surface area contributed by atoms with Gasteiger partial charge >= 0.3 is 0 Å². The quantitative estimate of drug-likeness (QED) is 0.440. The summed E-state index contributed by atoms with van der Waals surface area (Å²) < 4.78 is 0. The van der Waals surface area contributed by atoms with E-state index >= 15 is 0 Å². The van der Waals surface area contributed by atoms with Crippen LogP contribution in [-0.4, -0.2) is 0 Å². The first-order valence-corrected chi connectivity index (χ1v) is 10.2. The predicted molar refractivity (Wildman–Crippen MR) is 110 cm³/mol. The van der Waals surface area contributed by atoms with E-state index < -0.39 is 0 Å². The number of hydrogen-bond acceptors (Lipinski definition) is 0. The lowest BCUT2D eigenvalue weighted by Crippen LogP contribution is -2.04. The van der Waals surface area contributed by atoms with Crippen molar-refractivity contribution in [2.24, 2.45) is 0 Å². The lowest BCUT2D eigenvalue weighted by molar-refractivity contribution is 0.849. The summed E-state index contributed by atoms with van der Waals surface area (Å²) in [4.78, 5) is 0. The minimum atomic E-state index is 1.15. The first-order valence-electron chi connectivity index (χ1n) is 10.2. The Morgan fingerprint density at radius 3 is 1.32 bits per heavy atom. The van der Waals surface area contributed by atoms with Crippen LogP contribution in [0.25, 0.3) is 0 Å². The maximum Gasteiger partial charge on any atom is 0.0507 e. The van der Waals surface area contributed by atoms with Gasteiger partial charge in [-0.2, -0.15) is 0 Å². The topological polar surface area (TPSA) is 0 Å². The van der Waals surface area contributed by atoms with Gasteiger partial charge in [-0.25, -0.2) is 0 Å². The summed E-state index contributed by atoms with van der Waals surface area (Å²) in [5.41, 5.74) is 8.65. The molecule has 0 bridgehead atoms. The molecule has 0 spiro atoms. The molecule has 0 aliphatic carbocycles. The van der Waals surface area contributed by atoms with Gasteiger partial charge in [0.25, 0.3) is 0 Å². The SMILES string of the molecule is CCCc1cccc([C]c2cccc(CCC)c2CCC)c1CCC. The zero-order valence-corrected chi connectivity index (χ0v) is 16.6. The molecule has 2 aromatic rings. The van der Waals surface area contributed by atoms with Crippen LogP contribution in [0, 0.1) is 6.42 Å². The molecule has 25 heavy (non-hydrogen) atoms. The summed E-state index contributed by atoms with van der Waals surface area (Å²) in [5.74, 6) is 0. The molecule has 0 aromatic heterocycles. The van der Waals surface area contributed by atoms with Crippen LogP contribution < -0.4 is 0 Å². The Morgan fingerprint density at radius 1 is 0.560 bits per heavy atom. The molecule has 0 atom stereocenters. The van der Waals surface area contributed by atoms with Crippen LogP contribution in [0.15, 0.2) is 36.4 Å². The fourth-order valence-corrected chi connectivity index (χ4v) is 3.75. The minimum absolute atomic E-state index is 1.15. The molecule has 0 aliphatic heterocycles. The fraction of sp³-hybridized carbons (Fsp3) is 0.480. The highest BCUT2D eigenvalue weighted by Gasteiger charge is 2.13. The first-order chi connectivity index (χ1) is 12.2. The molecular weight excluding hydrogens is 300 g/mol. The number of benzene rings is 2. The Balaban J connectivity index is 2.42. The maximum absolute atomic E-state index is 3.81. The van der Waals surface area contributed by atoms with Gasteiger partial charge in [-0.05, 0) is 59.1 Å². The fourth-order valence-electron chi connectivity index (χ4n) is 3.75. The summed E-state index contributed by atoms with van der Waals surface area (Å²) in [5, 5.41) is 0. The normalized spacial score (nSPS) is 11.0. The van der Waals surface area contributed by atoms with E-state index in [0.717, 1.165) is 12.8 Å². The molecule has 0 saturated heterocycles. The largest absolute Gasteiger partial charge is 0.0651 e.